The third kappa shape index (κ3) is 4.22. The van der Waals surface area contributed by atoms with Gasteiger partial charge in [-0.3, -0.25) is 4.79 Å². The average Bonchev–Trinajstić information content (AvgIpc) is 2.97. The van der Waals surface area contributed by atoms with Gasteiger partial charge in [0, 0.05) is 16.9 Å². The standard InChI is InChI=1S/C15H14ClNO4S/c1-17(8-11-3-2-6-22-11)14(19)9-21-15(20)12-5-4-10(16)7-13(12)18/h2-7,18H,8-9H2,1H3. The largest absolute Gasteiger partial charge is 0.507 e. The second kappa shape index (κ2) is 7.29. The highest BCUT2D eigenvalue weighted by Gasteiger charge is 2.16. The Balaban J connectivity index is 1.88. The summed E-state index contributed by atoms with van der Waals surface area (Å²) in [7, 11) is 1.63. The fourth-order valence-electron chi connectivity index (χ4n) is 1.72. The van der Waals surface area contributed by atoms with Crippen molar-refractivity contribution in [2.75, 3.05) is 13.7 Å². The van der Waals surface area contributed by atoms with Crippen molar-refractivity contribution in [2.45, 2.75) is 6.54 Å². The Hall–Kier alpha value is -2.05. The number of nitrogens with zero attached hydrogens (tertiary/aromatic N) is 1. The van der Waals surface area contributed by atoms with E-state index in [1.807, 2.05) is 17.5 Å². The number of amides is 1. The molecule has 2 rings (SSSR count). The Morgan fingerprint density at radius 1 is 1.36 bits per heavy atom. The highest BCUT2D eigenvalue weighted by molar-refractivity contribution is 7.09. The zero-order valence-electron chi connectivity index (χ0n) is 11.8. The van der Waals surface area contributed by atoms with E-state index in [-0.39, 0.29) is 23.8 Å². The molecule has 0 aliphatic heterocycles. The summed E-state index contributed by atoms with van der Waals surface area (Å²) in [6.45, 7) is 0.0724. The van der Waals surface area contributed by atoms with Gasteiger partial charge >= 0.3 is 5.97 Å². The lowest BCUT2D eigenvalue weighted by Gasteiger charge is -2.16. The van der Waals surface area contributed by atoms with E-state index in [4.69, 9.17) is 16.3 Å². The van der Waals surface area contributed by atoms with E-state index in [9.17, 15) is 14.7 Å². The van der Waals surface area contributed by atoms with Gasteiger partial charge in [-0.25, -0.2) is 4.79 Å². The van der Waals surface area contributed by atoms with Crippen molar-refractivity contribution in [3.05, 3.63) is 51.2 Å². The zero-order chi connectivity index (χ0) is 16.1. The van der Waals surface area contributed by atoms with Crippen molar-refractivity contribution >= 4 is 34.8 Å². The molecular formula is C15H14ClNO4S. The molecule has 1 amide bonds. The number of carbonyl (C=O) groups excluding carboxylic acids is 2. The Labute approximate surface area is 136 Å². The number of likely N-dealkylation sites (N-methyl/N-ethyl adjacent to an activating group) is 1. The van der Waals surface area contributed by atoms with Crippen LogP contribution < -0.4 is 0 Å². The summed E-state index contributed by atoms with van der Waals surface area (Å²) in [5, 5.41) is 11.9. The molecule has 116 valence electrons. The third-order valence-corrected chi connectivity index (χ3v) is 4.00. The average molecular weight is 340 g/mol. The molecule has 0 aliphatic carbocycles. The topological polar surface area (TPSA) is 66.8 Å². The second-order valence-electron chi connectivity index (χ2n) is 4.57. The van der Waals surface area contributed by atoms with E-state index in [0.29, 0.717) is 11.6 Å². The number of hydrogen-bond donors (Lipinski definition) is 1. The lowest BCUT2D eigenvalue weighted by molar-refractivity contribution is -0.133. The van der Waals surface area contributed by atoms with Crippen LogP contribution in [0.25, 0.3) is 0 Å². The van der Waals surface area contributed by atoms with Crippen LogP contribution in [-0.2, 0) is 16.1 Å². The number of carbonyl (C=O) groups is 2. The van der Waals surface area contributed by atoms with Gasteiger partial charge in [0.05, 0.1) is 6.54 Å². The monoisotopic (exact) mass is 339 g/mol. The van der Waals surface area contributed by atoms with Gasteiger partial charge in [-0.2, -0.15) is 0 Å². The summed E-state index contributed by atoms with van der Waals surface area (Å²) in [5.41, 5.74) is -0.0295. The molecule has 0 bridgehead atoms. The van der Waals surface area contributed by atoms with Gasteiger partial charge in [0.2, 0.25) is 0 Å². The lowest BCUT2D eigenvalue weighted by Crippen LogP contribution is -2.30. The van der Waals surface area contributed by atoms with Crippen LogP contribution in [0, 0.1) is 0 Å². The van der Waals surface area contributed by atoms with E-state index in [1.54, 1.807) is 18.4 Å². The van der Waals surface area contributed by atoms with Crippen LogP contribution in [0.1, 0.15) is 15.2 Å². The van der Waals surface area contributed by atoms with Crippen molar-refractivity contribution in [3.63, 3.8) is 0 Å². The van der Waals surface area contributed by atoms with Gasteiger partial charge in [-0.15, -0.1) is 11.3 Å². The zero-order valence-corrected chi connectivity index (χ0v) is 13.4. The quantitative estimate of drug-likeness (QED) is 0.850. The second-order valence-corrected chi connectivity index (χ2v) is 6.04. The predicted molar refractivity (Wildman–Crippen MR) is 84.2 cm³/mol. The van der Waals surface area contributed by atoms with E-state index in [2.05, 4.69) is 0 Å². The first-order chi connectivity index (χ1) is 10.5. The molecule has 5 nitrogen and oxygen atoms in total. The van der Waals surface area contributed by atoms with Gasteiger partial charge < -0.3 is 14.7 Å². The summed E-state index contributed by atoms with van der Waals surface area (Å²) in [6, 6.07) is 7.87. The lowest BCUT2D eigenvalue weighted by atomic mass is 10.2. The van der Waals surface area contributed by atoms with Crippen LogP contribution in [0.3, 0.4) is 0 Å². The van der Waals surface area contributed by atoms with E-state index in [0.717, 1.165) is 4.88 Å². The summed E-state index contributed by atoms with van der Waals surface area (Å²) >= 11 is 7.23. The molecule has 1 heterocycles. The molecule has 0 aliphatic rings. The Morgan fingerprint density at radius 3 is 2.77 bits per heavy atom. The van der Waals surface area contributed by atoms with Crippen LogP contribution in [-0.4, -0.2) is 35.5 Å². The molecule has 22 heavy (non-hydrogen) atoms. The Morgan fingerprint density at radius 2 is 2.14 bits per heavy atom. The van der Waals surface area contributed by atoms with Crippen molar-refractivity contribution in [2.24, 2.45) is 0 Å². The van der Waals surface area contributed by atoms with Crippen LogP contribution in [0.15, 0.2) is 35.7 Å². The SMILES string of the molecule is CN(Cc1cccs1)C(=O)COC(=O)c1ccc(Cl)cc1O. The highest BCUT2D eigenvalue weighted by atomic mass is 35.5. The maximum Gasteiger partial charge on any atom is 0.342 e. The number of phenols is 1. The van der Waals surface area contributed by atoms with E-state index < -0.39 is 5.97 Å². The fraction of sp³-hybridized carbons (Fsp3) is 0.200. The van der Waals surface area contributed by atoms with Gasteiger partial charge in [0.15, 0.2) is 6.61 Å². The number of thiophene rings is 1. The molecule has 0 atom stereocenters. The molecule has 0 saturated heterocycles. The molecule has 0 radical (unpaired) electrons. The number of phenolic OH excluding ortho intramolecular Hbond substituents is 1. The third-order valence-electron chi connectivity index (χ3n) is 2.91. The van der Waals surface area contributed by atoms with Crippen LogP contribution >= 0.6 is 22.9 Å². The van der Waals surface area contributed by atoms with E-state index in [1.165, 1.54) is 23.1 Å². The first kappa shape index (κ1) is 16.3. The maximum absolute atomic E-state index is 11.9. The number of esters is 1. The number of hydrogen-bond acceptors (Lipinski definition) is 5. The number of benzene rings is 1. The normalized spacial score (nSPS) is 10.3. The van der Waals surface area contributed by atoms with Crippen LogP contribution in [0.4, 0.5) is 0 Å². The summed E-state index contributed by atoms with van der Waals surface area (Å²) in [4.78, 5) is 26.3. The Bertz CT molecular complexity index is 672. The molecule has 1 aromatic heterocycles. The molecule has 0 unspecified atom stereocenters. The van der Waals surface area contributed by atoms with Gasteiger partial charge in [-0.05, 0) is 29.6 Å². The minimum atomic E-state index is -0.771. The van der Waals surface area contributed by atoms with Crippen molar-refractivity contribution in [3.8, 4) is 5.75 Å². The first-order valence-corrected chi connectivity index (χ1v) is 7.65. The first-order valence-electron chi connectivity index (χ1n) is 6.39. The fourth-order valence-corrected chi connectivity index (χ4v) is 2.64. The van der Waals surface area contributed by atoms with E-state index >= 15 is 0 Å². The number of rotatable bonds is 5. The highest BCUT2D eigenvalue weighted by Crippen LogP contribution is 2.22. The van der Waals surface area contributed by atoms with Gasteiger partial charge in [0.25, 0.3) is 5.91 Å². The summed E-state index contributed by atoms with van der Waals surface area (Å²) in [5.74, 6) is -1.38. The molecule has 0 fully saturated rings. The number of halogens is 1. The molecular weight excluding hydrogens is 326 g/mol. The van der Waals surface area contributed by atoms with Crippen molar-refractivity contribution in [1.29, 1.82) is 0 Å². The Kier molecular flexibility index (Phi) is 5.41. The predicted octanol–water partition coefficient (Wildman–Crippen LogP) is 2.92. The van der Waals surface area contributed by atoms with Crippen LogP contribution in [0.5, 0.6) is 5.75 Å². The number of aromatic hydroxyl groups is 1. The molecule has 1 N–H and O–H groups in total. The maximum atomic E-state index is 11.9. The minimum absolute atomic E-state index is 0.0295. The smallest absolute Gasteiger partial charge is 0.342 e. The number of ether oxygens (including phenoxy) is 1. The van der Waals surface area contributed by atoms with Crippen LogP contribution in [0.2, 0.25) is 5.02 Å². The summed E-state index contributed by atoms with van der Waals surface area (Å²) in [6.07, 6.45) is 0. The molecule has 7 heteroatoms. The van der Waals surface area contributed by atoms with Crippen molar-refractivity contribution in [1.82, 2.24) is 4.90 Å². The molecule has 0 saturated carbocycles. The minimum Gasteiger partial charge on any atom is -0.507 e. The summed E-state index contributed by atoms with van der Waals surface area (Å²) < 4.78 is 4.92. The van der Waals surface area contributed by atoms with Gasteiger partial charge in [0.1, 0.15) is 11.3 Å². The van der Waals surface area contributed by atoms with Crippen molar-refractivity contribution < 1.29 is 19.4 Å². The molecule has 2 aromatic rings. The van der Waals surface area contributed by atoms with Gasteiger partial charge in [-0.1, -0.05) is 17.7 Å². The molecule has 1 aromatic carbocycles. The molecule has 0 spiro atoms.